The van der Waals surface area contributed by atoms with Crippen molar-refractivity contribution in [2.45, 2.75) is 6.10 Å². The molecule has 2 heterocycles. The summed E-state index contributed by atoms with van der Waals surface area (Å²) in [6.07, 6.45) is 1.66. The molecule has 1 aromatic carbocycles. The molecule has 1 N–H and O–H groups in total. The zero-order chi connectivity index (χ0) is 15.9. The summed E-state index contributed by atoms with van der Waals surface area (Å²) in [5.74, 6) is -0.832. The van der Waals surface area contributed by atoms with Crippen LogP contribution in [0.4, 0.5) is 5.69 Å². The zero-order valence-corrected chi connectivity index (χ0v) is 13.5. The standard InChI is InChI=1S/C15H10BrClN2O3/c16-9-4-8(5-18-6-9)12(20)7-19-11-3-1-2-10(17)13(11)14(21)15(19)22/h1-6,14,21H,7H2. The number of aliphatic hydroxyl groups excluding tert-OH is 1. The maximum atomic E-state index is 12.3. The normalized spacial score (nSPS) is 16.8. The third-order valence-electron chi connectivity index (χ3n) is 3.42. The first-order valence-electron chi connectivity index (χ1n) is 6.40. The Bertz CT molecular complexity index is 781. The number of hydrogen-bond acceptors (Lipinski definition) is 4. The van der Waals surface area contributed by atoms with Crippen molar-refractivity contribution in [3.05, 3.63) is 57.3 Å². The summed E-state index contributed by atoms with van der Waals surface area (Å²) in [5.41, 5.74) is 1.18. The number of hydrogen-bond donors (Lipinski definition) is 1. The lowest BCUT2D eigenvalue weighted by Gasteiger charge is -2.16. The lowest BCUT2D eigenvalue weighted by Crippen LogP contribution is -2.34. The van der Waals surface area contributed by atoms with Gasteiger partial charge < -0.3 is 10.0 Å². The van der Waals surface area contributed by atoms with E-state index in [4.69, 9.17) is 11.6 Å². The van der Waals surface area contributed by atoms with Crippen molar-refractivity contribution < 1.29 is 14.7 Å². The lowest BCUT2D eigenvalue weighted by atomic mass is 10.1. The number of fused-ring (bicyclic) bond motifs is 1. The molecule has 0 radical (unpaired) electrons. The van der Waals surface area contributed by atoms with E-state index in [1.54, 1.807) is 30.5 Å². The Balaban J connectivity index is 1.92. The summed E-state index contributed by atoms with van der Waals surface area (Å²) >= 11 is 9.28. The fourth-order valence-corrected chi connectivity index (χ4v) is 3.02. The number of amides is 1. The Morgan fingerprint density at radius 3 is 2.91 bits per heavy atom. The SMILES string of the molecule is O=C(CN1C(=O)C(O)c2c(Cl)cccc21)c1cncc(Br)c1. The van der Waals surface area contributed by atoms with Crippen LogP contribution < -0.4 is 4.90 Å². The number of carbonyl (C=O) groups excluding carboxylic acids is 2. The van der Waals surface area contributed by atoms with Crippen LogP contribution in [0.3, 0.4) is 0 Å². The molecule has 0 fully saturated rings. The first-order valence-corrected chi connectivity index (χ1v) is 7.57. The van der Waals surface area contributed by atoms with Crippen LogP contribution in [0.2, 0.25) is 5.02 Å². The number of aliphatic hydroxyl groups is 1. The van der Waals surface area contributed by atoms with Crippen molar-refractivity contribution in [2.24, 2.45) is 0 Å². The number of anilines is 1. The summed E-state index contributed by atoms with van der Waals surface area (Å²) in [7, 11) is 0. The van der Waals surface area contributed by atoms with Crippen LogP contribution in [-0.2, 0) is 4.79 Å². The van der Waals surface area contributed by atoms with Crippen molar-refractivity contribution in [3.8, 4) is 0 Å². The molecule has 1 atom stereocenters. The summed E-state index contributed by atoms with van der Waals surface area (Å²) in [5, 5.41) is 10.3. The number of carbonyl (C=O) groups is 2. The molecule has 0 saturated heterocycles. The van der Waals surface area contributed by atoms with Gasteiger partial charge in [-0.05, 0) is 34.1 Å². The van der Waals surface area contributed by atoms with Gasteiger partial charge in [0.25, 0.3) is 5.91 Å². The Morgan fingerprint density at radius 1 is 1.41 bits per heavy atom. The minimum atomic E-state index is -1.34. The second-order valence-electron chi connectivity index (χ2n) is 4.81. The summed E-state index contributed by atoms with van der Waals surface area (Å²) < 4.78 is 0.676. The quantitative estimate of drug-likeness (QED) is 0.830. The highest BCUT2D eigenvalue weighted by atomic mass is 79.9. The third-order valence-corrected chi connectivity index (χ3v) is 4.19. The van der Waals surface area contributed by atoms with Crippen LogP contribution in [0.15, 0.2) is 41.1 Å². The van der Waals surface area contributed by atoms with E-state index in [9.17, 15) is 14.7 Å². The lowest BCUT2D eigenvalue weighted by molar-refractivity contribution is -0.125. The molecule has 0 spiro atoms. The minimum absolute atomic E-state index is 0.179. The van der Waals surface area contributed by atoms with E-state index in [0.717, 1.165) is 0 Å². The molecule has 0 aliphatic carbocycles. The highest BCUT2D eigenvalue weighted by Crippen LogP contribution is 2.40. The van der Waals surface area contributed by atoms with Gasteiger partial charge in [0.15, 0.2) is 11.9 Å². The highest BCUT2D eigenvalue weighted by molar-refractivity contribution is 9.10. The highest BCUT2D eigenvalue weighted by Gasteiger charge is 2.38. The van der Waals surface area contributed by atoms with Crippen LogP contribution >= 0.6 is 27.5 Å². The number of ketones is 1. The molecule has 5 nitrogen and oxygen atoms in total. The van der Waals surface area contributed by atoms with Crippen LogP contribution in [0.25, 0.3) is 0 Å². The Labute approximate surface area is 139 Å². The van der Waals surface area contributed by atoms with E-state index in [-0.39, 0.29) is 12.3 Å². The van der Waals surface area contributed by atoms with Crippen LogP contribution in [0.1, 0.15) is 22.0 Å². The molecule has 22 heavy (non-hydrogen) atoms. The van der Waals surface area contributed by atoms with Crippen molar-refractivity contribution in [1.29, 1.82) is 0 Å². The zero-order valence-electron chi connectivity index (χ0n) is 11.2. The monoisotopic (exact) mass is 380 g/mol. The van der Waals surface area contributed by atoms with E-state index in [1.165, 1.54) is 11.1 Å². The fraction of sp³-hybridized carbons (Fsp3) is 0.133. The van der Waals surface area contributed by atoms with Gasteiger partial charge in [-0.15, -0.1) is 0 Å². The first kappa shape index (κ1) is 15.1. The van der Waals surface area contributed by atoms with Gasteiger partial charge in [0, 0.05) is 33.0 Å². The molecular formula is C15H10BrClN2O3. The minimum Gasteiger partial charge on any atom is -0.378 e. The molecule has 112 valence electrons. The molecule has 1 aliphatic rings. The van der Waals surface area contributed by atoms with Gasteiger partial charge >= 0.3 is 0 Å². The van der Waals surface area contributed by atoms with Crippen molar-refractivity contribution in [2.75, 3.05) is 11.4 Å². The van der Waals surface area contributed by atoms with Gasteiger partial charge in [0.05, 0.1) is 12.2 Å². The van der Waals surface area contributed by atoms with Gasteiger partial charge in [-0.2, -0.15) is 0 Å². The Hall–Kier alpha value is -1.76. The summed E-state index contributed by atoms with van der Waals surface area (Å²) in [6.45, 7) is -0.179. The number of Topliss-reactive ketones (excluding diaryl/α,β-unsaturated/α-hetero) is 1. The number of rotatable bonds is 3. The molecule has 1 aromatic heterocycles. The van der Waals surface area contributed by atoms with Gasteiger partial charge in [-0.25, -0.2) is 0 Å². The maximum Gasteiger partial charge on any atom is 0.261 e. The van der Waals surface area contributed by atoms with E-state index in [0.29, 0.717) is 26.3 Å². The second kappa shape index (κ2) is 5.79. The first-order chi connectivity index (χ1) is 10.5. The fourth-order valence-electron chi connectivity index (χ4n) is 2.38. The molecular weight excluding hydrogens is 372 g/mol. The average Bonchev–Trinajstić information content (AvgIpc) is 2.73. The van der Waals surface area contributed by atoms with Crippen LogP contribution in [-0.4, -0.2) is 28.3 Å². The molecule has 1 unspecified atom stereocenters. The third kappa shape index (κ3) is 2.54. The number of pyridine rings is 1. The number of benzene rings is 1. The van der Waals surface area contributed by atoms with Crippen LogP contribution in [0.5, 0.6) is 0 Å². The van der Waals surface area contributed by atoms with Crippen LogP contribution in [0, 0.1) is 0 Å². The second-order valence-corrected chi connectivity index (χ2v) is 6.14. The predicted molar refractivity (Wildman–Crippen MR) is 85.0 cm³/mol. The van der Waals surface area contributed by atoms with Gasteiger partial charge in [-0.3, -0.25) is 14.6 Å². The average molecular weight is 382 g/mol. The molecule has 1 amide bonds. The largest absolute Gasteiger partial charge is 0.378 e. The molecule has 7 heteroatoms. The Morgan fingerprint density at radius 2 is 2.18 bits per heavy atom. The maximum absolute atomic E-state index is 12.3. The summed E-state index contributed by atoms with van der Waals surface area (Å²) in [6, 6.07) is 6.55. The van der Waals surface area contributed by atoms with Gasteiger partial charge in [0.2, 0.25) is 0 Å². The van der Waals surface area contributed by atoms with Gasteiger partial charge in [-0.1, -0.05) is 17.7 Å². The number of aromatic nitrogens is 1. The predicted octanol–water partition coefficient (Wildman–Crippen LogP) is 2.76. The molecule has 2 aromatic rings. The molecule has 0 bridgehead atoms. The van der Waals surface area contributed by atoms with E-state index in [2.05, 4.69) is 20.9 Å². The van der Waals surface area contributed by atoms with Crippen molar-refractivity contribution in [3.63, 3.8) is 0 Å². The molecule has 0 saturated carbocycles. The molecule has 3 rings (SSSR count). The van der Waals surface area contributed by atoms with E-state index < -0.39 is 12.0 Å². The van der Waals surface area contributed by atoms with E-state index >= 15 is 0 Å². The van der Waals surface area contributed by atoms with E-state index in [1.807, 2.05) is 0 Å². The number of nitrogens with zero attached hydrogens (tertiary/aromatic N) is 2. The van der Waals surface area contributed by atoms with Gasteiger partial charge in [0.1, 0.15) is 0 Å². The molecule has 1 aliphatic heterocycles. The van der Waals surface area contributed by atoms with Crippen molar-refractivity contribution in [1.82, 2.24) is 4.98 Å². The Kier molecular flexibility index (Phi) is 3.99. The smallest absolute Gasteiger partial charge is 0.261 e. The topological polar surface area (TPSA) is 70.5 Å². The van der Waals surface area contributed by atoms with Crippen molar-refractivity contribution >= 4 is 44.9 Å². The summed E-state index contributed by atoms with van der Waals surface area (Å²) in [4.78, 5) is 29.7. The number of halogens is 2.